The lowest BCUT2D eigenvalue weighted by Gasteiger charge is -2.10. The molecule has 1 rings (SSSR count). The van der Waals surface area contributed by atoms with Gasteiger partial charge in [-0.15, -0.1) is 0 Å². The normalized spacial score (nSPS) is 10.3. The number of hydrogen-bond donors (Lipinski definition) is 0. The minimum Gasteiger partial charge on any atom is -0.255 e. The van der Waals surface area contributed by atoms with Gasteiger partial charge in [0.1, 0.15) is 5.69 Å². The van der Waals surface area contributed by atoms with E-state index >= 15 is 0 Å². The Bertz CT molecular complexity index is 253. The third-order valence-corrected chi connectivity index (χ3v) is 1.43. The topological polar surface area (TPSA) is 12.9 Å². The molecule has 0 aliphatic rings. The van der Waals surface area contributed by atoms with E-state index in [9.17, 15) is 8.78 Å². The highest BCUT2D eigenvalue weighted by Gasteiger charge is 2.27. The summed E-state index contributed by atoms with van der Waals surface area (Å²) in [6.45, 7) is 6.47. The van der Waals surface area contributed by atoms with Gasteiger partial charge < -0.3 is 0 Å². The van der Waals surface area contributed by atoms with Crippen LogP contribution in [0.2, 0.25) is 0 Å². The fraction of sp³-hybridized carbons (Fsp3) is 0.500. The van der Waals surface area contributed by atoms with Gasteiger partial charge in [-0.1, -0.05) is 19.9 Å². The molecule has 1 heterocycles. The van der Waals surface area contributed by atoms with Crippen LogP contribution in [0.3, 0.4) is 0 Å². The number of aromatic nitrogens is 1. The molecule has 0 N–H and O–H groups in total. The highest BCUT2D eigenvalue weighted by atomic mass is 19.3. The van der Waals surface area contributed by atoms with Crippen molar-refractivity contribution in [1.82, 2.24) is 4.98 Å². The first-order chi connectivity index (χ1) is 6.02. The molecule has 0 aliphatic carbocycles. The molecule has 0 aliphatic heterocycles. The summed E-state index contributed by atoms with van der Waals surface area (Å²) in [7, 11) is 0. The smallest absolute Gasteiger partial charge is 0.255 e. The molecule has 0 spiro atoms. The van der Waals surface area contributed by atoms with E-state index in [1.165, 1.54) is 6.20 Å². The van der Waals surface area contributed by atoms with Gasteiger partial charge in [-0.2, -0.15) is 8.78 Å². The van der Waals surface area contributed by atoms with Crippen molar-refractivity contribution < 1.29 is 8.78 Å². The number of nitrogens with zero attached hydrogens (tertiary/aromatic N) is 1. The van der Waals surface area contributed by atoms with Gasteiger partial charge in [0.05, 0.1) is 0 Å². The molecule has 0 atom stereocenters. The molecule has 0 bridgehead atoms. The van der Waals surface area contributed by atoms with Crippen LogP contribution in [0.4, 0.5) is 8.78 Å². The summed E-state index contributed by atoms with van der Waals surface area (Å²) in [6.07, 6.45) is 1.37. The molecule has 0 saturated heterocycles. The van der Waals surface area contributed by atoms with Crippen molar-refractivity contribution in [1.29, 1.82) is 0 Å². The number of alkyl halides is 2. The van der Waals surface area contributed by atoms with Gasteiger partial charge in [-0.3, -0.25) is 4.98 Å². The van der Waals surface area contributed by atoms with E-state index < -0.39 is 5.92 Å². The Balaban J connectivity index is 0.000000671. The second-order valence-corrected chi connectivity index (χ2v) is 2.56. The van der Waals surface area contributed by atoms with Crippen LogP contribution in [0.1, 0.15) is 32.0 Å². The molecule has 0 amide bonds. The first kappa shape index (κ1) is 12.0. The first-order valence-electron chi connectivity index (χ1n) is 4.32. The average Bonchev–Trinajstić information content (AvgIpc) is 2.07. The molecule has 13 heavy (non-hydrogen) atoms. The summed E-state index contributed by atoms with van der Waals surface area (Å²) >= 11 is 0. The molecule has 0 unspecified atom stereocenters. The van der Waals surface area contributed by atoms with Crippen LogP contribution in [0.25, 0.3) is 0 Å². The summed E-state index contributed by atoms with van der Waals surface area (Å²) in [5.41, 5.74) is 0.389. The standard InChI is InChI=1S/C8H9F2N.C2H6/c1-6-4-3-5-11-7(6)8(2,9)10;1-2/h3-5H,1-2H3;1-2H3. The van der Waals surface area contributed by atoms with E-state index in [2.05, 4.69) is 4.98 Å². The maximum absolute atomic E-state index is 12.7. The zero-order chi connectivity index (χ0) is 10.5. The third-order valence-electron chi connectivity index (χ3n) is 1.43. The minimum atomic E-state index is -2.83. The molecule has 0 aromatic carbocycles. The lowest BCUT2D eigenvalue weighted by molar-refractivity contribution is 0.0121. The zero-order valence-electron chi connectivity index (χ0n) is 8.44. The average molecular weight is 187 g/mol. The molecule has 1 nitrogen and oxygen atoms in total. The van der Waals surface area contributed by atoms with Crippen LogP contribution in [-0.2, 0) is 5.92 Å². The fourth-order valence-electron chi connectivity index (χ4n) is 0.945. The molecule has 0 radical (unpaired) electrons. The second-order valence-electron chi connectivity index (χ2n) is 2.56. The Morgan fingerprint density at radius 3 is 2.15 bits per heavy atom. The lowest BCUT2D eigenvalue weighted by atomic mass is 10.1. The van der Waals surface area contributed by atoms with Crippen molar-refractivity contribution >= 4 is 0 Å². The van der Waals surface area contributed by atoms with Gasteiger partial charge >= 0.3 is 0 Å². The predicted octanol–water partition coefficient (Wildman–Crippen LogP) is 3.53. The fourth-order valence-corrected chi connectivity index (χ4v) is 0.945. The molecule has 0 fully saturated rings. The van der Waals surface area contributed by atoms with Crippen LogP contribution in [0, 0.1) is 6.92 Å². The second kappa shape index (κ2) is 4.90. The van der Waals surface area contributed by atoms with Crippen LogP contribution in [0.15, 0.2) is 18.3 Å². The summed E-state index contributed by atoms with van der Waals surface area (Å²) < 4.78 is 25.3. The summed E-state index contributed by atoms with van der Waals surface area (Å²) in [5, 5.41) is 0. The molecule has 1 aromatic rings. The van der Waals surface area contributed by atoms with Gasteiger partial charge in [0.2, 0.25) is 0 Å². The largest absolute Gasteiger partial charge is 0.287 e. The Morgan fingerprint density at radius 2 is 1.85 bits per heavy atom. The van der Waals surface area contributed by atoms with Crippen molar-refractivity contribution in [3.8, 4) is 0 Å². The van der Waals surface area contributed by atoms with Gasteiger partial charge in [0, 0.05) is 13.1 Å². The number of pyridine rings is 1. The molecule has 3 heteroatoms. The molecular weight excluding hydrogens is 172 g/mol. The number of hydrogen-bond acceptors (Lipinski definition) is 1. The van der Waals surface area contributed by atoms with E-state index in [1.54, 1.807) is 19.1 Å². The third kappa shape index (κ3) is 3.49. The number of rotatable bonds is 1. The number of aryl methyl sites for hydroxylation is 1. The number of halogens is 2. The molecular formula is C10H15F2N. The van der Waals surface area contributed by atoms with Crippen LogP contribution in [-0.4, -0.2) is 4.98 Å². The van der Waals surface area contributed by atoms with Gasteiger partial charge in [-0.05, 0) is 18.6 Å². The van der Waals surface area contributed by atoms with Crippen molar-refractivity contribution in [2.45, 2.75) is 33.6 Å². The first-order valence-corrected chi connectivity index (χ1v) is 4.32. The van der Waals surface area contributed by atoms with Crippen molar-refractivity contribution in [3.05, 3.63) is 29.6 Å². The van der Waals surface area contributed by atoms with E-state index in [0.29, 0.717) is 5.56 Å². The minimum absolute atomic E-state index is 0.139. The maximum Gasteiger partial charge on any atom is 0.287 e. The van der Waals surface area contributed by atoms with E-state index in [-0.39, 0.29) is 5.69 Å². The van der Waals surface area contributed by atoms with Gasteiger partial charge in [-0.25, -0.2) is 0 Å². The SMILES string of the molecule is CC.Cc1cccnc1C(C)(F)F. The van der Waals surface area contributed by atoms with Crippen molar-refractivity contribution in [3.63, 3.8) is 0 Å². The van der Waals surface area contributed by atoms with Crippen molar-refractivity contribution in [2.24, 2.45) is 0 Å². The summed E-state index contributed by atoms with van der Waals surface area (Å²) in [6, 6.07) is 3.27. The summed E-state index contributed by atoms with van der Waals surface area (Å²) in [5.74, 6) is -2.83. The maximum atomic E-state index is 12.7. The van der Waals surface area contributed by atoms with E-state index in [0.717, 1.165) is 6.92 Å². The molecule has 0 saturated carbocycles. The van der Waals surface area contributed by atoms with Gasteiger partial charge in [0.15, 0.2) is 0 Å². The Kier molecular flexibility index (Phi) is 4.52. The highest BCUT2D eigenvalue weighted by Crippen LogP contribution is 2.26. The summed E-state index contributed by atoms with van der Waals surface area (Å²) in [4.78, 5) is 3.60. The Hall–Kier alpha value is -0.990. The molecule has 74 valence electrons. The predicted molar refractivity (Wildman–Crippen MR) is 49.9 cm³/mol. The lowest BCUT2D eigenvalue weighted by Crippen LogP contribution is -2.11. The molecule has 1 aromatic heterocycles. The van der Waals surface area contributed by atoms with E-state index in [1.807, 2.05) is 13.8 Å². The highest BCUT2D eigenvalue weighted by molar-refractivity contribution is 5.21. The van der Waals surface area contributed by atoms with E-state index in [4.69, 9.17) is 0 Å². The van der Waals surface area contributed by atoms with Crippen LogP contribution < -0.4 is 0 Å². The zero-order valence-corrected chi connectivity index (χ0v) is 8.44. The van der Waals surface area contributed by atoms with Crippen LogP contribution >= 0.6 is 0 Å². The van der Waals surface area contributed by atoms with Crippen molar-refractivity contribution in [2.75, 3.05) is 0 Å². The Morgan fingerprint density at radius 1 is 1.31 bits per heavy atom. The Labute approximate surface area is 77.8 Å². The monoisotopic (exact) mass is 187 g/mol. The van der Waals surface area contributed by atoms with Crippen LogP contribution in [0.5, 0.6) is 0 Å². The quantitative estimate of drug-likeness (QED) is 0.655. The van der Waals surface area contributed by atoms with Gasteiger partial charge in [0.25, 0.3) is 5.92 Å².